The van der Waals surface area contributed by atoms with Crippen LogP contribution < -0.4 is 5.73 Å². The fourth-order valence-corrected chi connectivity index (χ4v) is 7.80. The van der Waals surface area contributed by atoms with Crippen LogP contribution in [0.1, 0.15) is 120 Å². The lowest BCUT2D eigenvalue weighted by Gasteiger charge is -2.31. The van der Waals surface area contributed by atoms with Crippen LogP contribution in [0, 0.1) is 5.92 Å². The van der Waals surface area contributed by atoms with Gasteiger partial charge in [0.2, 0.25) is 0 Å². The van der Waals surface area contributed by atoms with E-state index in [1.165, 1.54) is 20.2 Å². The number of ether oxygens (including phenoxy) is 2. The Morgan fingerprint density at radius 2 is 1.44 bits per heavy atom. The van der Waals surface area contributed by atoms with E-state index in [1.54, 1.807) is 11.2 Å². The SMILES string of the molecule is CC.CC.CC(C)(C)OC(=O)N(CCCN(C[C@@H]1CC[C@H](n2cc(-c3ncnn3PI)c3c(N)ncnc32)C1)C(=O)OC(C)(C)C)CCc1ccccc1.CC(C)(O)O. The lowest BCUT2D eigenvalue weighted by molar-refractivity contribution is -0.127. The van der Waals surface area contributed by atoms with Crippen LogP contribution >= 0.6 is 28.4 Å². The van der Waals surface area contributed by atoms with E-state index in [0.29, 0.717) is 51.2 Å². The molecule has 0 radical (unpaired) electrons. The van der Waals surface area contributed by atoms with Crippen molar-refractivity contribution in [1.82, 2.24) is 38.9 Å². The zero-order valence-corrected chi connectivity index (χ0v) is 40.4. The molecule has 0 spiro atoms. The van der Waals surface area contributed by atoms with Crippen molar-refractivity contribution in [2.45, 2.75) is 138 Å². The van der Waals surface area contributed by atoms with Crippen LogP contribution in [-0.4, -0.2) is 104 Å². The Hall–Kier alpha value is -3.60. The van der Waals surface area contributed by atoms with Gasteiger partial charge in [0, 0.05) is 38.4 Å². The molecule has 1 fully saturated rings. The number of rotatable bonds is 12. The summed E-state index contributed by atoms with van der Waals surface area (Å²) in [6.45, 7) is 23.8. The minimum atomic E-state index is -1.50. The molecule has 17 heteroatoms. The molecule has 2 amide bonds. The lowest BCUT2D eigenvalue weighted by atomic mass is 10.1. The third-order valence-electron chi connectivity index (χ3n) is 8.57. The highest BCUT2D eigenvalue weighted by Gasteiger charge is 2.33. The van der Waals surface area contributed by atoms with Crippen molar-refractivity contribution in [2.75, 3.05) is 31.9 Å². The molecule has 3 heterocycles. The van der Waals surface area contributed by atoms with Crippen LogP contribution in [0.5, 0.6) is 0 Å². The first-order valence-corrected chi connectivity index (χ1v) is 24.6. The number of carbonyl (C=O) groups is 2. The normalized spacial score (nSPS) is 15.4. The molecule has 1 aliphatic rings. The topological polar surface area (TPSA) is 187 Å². The first kappa shape index (κ1) is 51.5. The summed E-state index contributed by atoms with van der Waals surface area (Å²) >= 11 is 2.28. The number of fused-ring (bicyclic) bond motifs is 1. The van der Waals surface area contributed by atoms with Gasteiger partial charge in [-0.1, -0.05) is 58.0 Å². The first-order valence-electron chi connectivity index (χ1n) is 20.5. The maximum absolute atomic E-state index is 13.6. The summed E-state index contributed by atoms with van der Waals surface area (Å²) in [5.74, 6) is -0.116. The van der Waals surface area contributed by atoms with Crippen LogP contribution in [0.15, 0.2) is 49.2 Å². The molecule has 1 saturated carbocycles. The van der Waals surface area contributed by atoms with Crippen molar-refractivity contribution in [3.05, 3.63) is 54.7 Å². The summed E-state index contributed by atoms with van der Waals surface area (Å²) < 4.78 is 15.7. The van der Waals surface area contributed by atoms with E-state index in [0.717, 1.165) is 47.2 Å². The third-order valence-corrected chi connectivity index (χ3v) is 10.4. The summed E-state index contributed by atoms with van der Waals surface area (Å²) in [6, 6.07) is 10.3. The number of aromatic nitrogens is 6. The highest BCUT2D eigenvalue weighted by molar-refractivity contribution is 14.2. The Bertz CT molecular complexity index is 1850. The Morgan fingerprint density at radius 1 is 0.864 bits per heavy atom. The number of nitrogen functional groups attached to an aromatic ring is 1. The molecule has 1 aromatic carbocycles. The van der Waals surface area contributed by atoms with Gasteiger partial charge in [-0.15, -0.1) is 0 Å². The average molecular weight is 954 g/mol. The quantitative estimate of drug-likeness (QED) is 0.0698. The number of nitrogens with zero attached hydrogens (tertiary/aromatic N) is 8. The van der Waals surface area contributed by atoms with Gasteiger partial charge in [-0.05, 0) is 121 Å². The number of benzene rings is 1. The third kappa shape index (κ3) is 17.5. The highest BCUT2D eigenvalue weighted by atomic mass is 127. The van der Waals surface area contributed by atoms with Crippen LogP contribution in [0.2, 0.25) is 0 Å². The van der Waals surface area contributed by atoms with Crippen LogP contribution in [0.4, 0.5) is 15.4 Å². The summed E-state index contributed by atoms with van der Waals surface area (Å²) in [4.78, 5) is 43.8. The zero-order chi connectivity index (χ0) is 44.6. The molecule has 3 atom stereocenters. The minimum absolute atomic E-state index is 0.158. The molecule has 1 unspecified atom stereocenters. The molecular weight excluding hydrogens is 884 g/mol. The Balaban J connectivity index is 0.00000122. The van der Waals surface area contributed by atoms with Crippen molar-refractivity contribution < 1.29 is 29.3 Å². The molecular formula is C42H69IN9O6P. The molecule has 5 rings (SSSR count). The summed E-state index contributed by atoms with van der Waals surface area (Å²) in [5, 5.41) is 21.3. The second-order valence-corrected chi connectivity index (χ2v) is 18.3. The van der Waals surface area contributed by atoms with Crippen molar-refractivity contribution in [3.63, 3.8) is 0 Å². The molecule has 15 nitrogen and oxygen atoms in total. The van der Waals surface area contributed by atoms with Gasteiger partial charge in [0.25, 0.3) is 0 Å². The average Bonchev–Trinajstić information content (AvgIpc) is 3.91. The zero-order valence-electron chi connectivity index (χ0n) is 37.2. The van der Waals surface area contributed by atoms with E-state index < -0.39 is 17.0 Å². The van der Waals surface area contributed by atoms with Crippen LogP contribution in [0.3, 0.4) is 0 Å². The number of anilines is 1. The Labute approximate surface area is 366 Å². The van der Waals surface area contributed by atoms with Crippen molar-refractivity contribution in [1.29, 1.82) is 0 Å². The van der Waals surface area contributed by atoms with E-state index in [-0.39, 0.29) is 24.1 Å². The van der Waals surface area contributed by atoms with E-state index in [9.17, 15) is 9.59 Å². The summed E-state index contributed by atoms with van der Waals surface area (Å²) in [5.41, 5.74) is 7.93. The smallest absolute Gasteiger partial charge is 0.410 e. The summed E-state index contributed by atoms with van der Waals surface area (Å²) in [7, 11) is 0. The molecule has 3 aromatic heterocycles. The van der Waals surface area contributed by atoms with Crippen molar-refractivity contribution in [2.24, 2.45) is 5.92 Å². The van der Waals surface area contributed by atoms with Gasteiger partial charge in [-0.3, -0.25) is 0 Å². The Morgan fingerprint density at radius 3 is 2.02 bits per heavy atom. The van der Waals surface area contributed by atoms with Crippen LogP contribution in [-0.2, 0) is 15.9 Å². The molecule has 4 aromatic rings. The van der Waals surface area contributed by atoms with E-state index >= 15 is 0 Å². The van der Waals surface area contributed by atoms with Gasteiger partial charge in [0.05, 0.1) is 17.3 Å². The Kier molecular flexibility index (Phi) is 21.0. The molecule has 59 heavy (non-hydrogen) atoms. The van der Waals surface area contributed by atoms with Gasteiger partial charge in [0.15, 0.2) is 11.6 Å². The molecule has 0 bridgehead atoms. The van der Waals surface area contributed by atoms with E-state index in [2.05, 4.69) is 65.0 Å². The predicted octanol–water partition coefficient (Wildman–Crippen LogP) is 9.27. The number of nitrogens with two attached hydrogens (primary N) is 1. The van der Waals surface area contributed by atoms with Gasteiger partial charge in [-0.25, -0.2) is 29.0 Å². The predicted molar refractivity (Wildman–Crippen MR) is 247 cm³/mol. The van der Waals surface area contributed by atoms with Gasteiger partial charge in [0.1, 0.15) is 35.3 Å². The maximum Gasteiger partial charge on any atom is 0.410 e. The number of halogens is 1. The first-order chi connectivity index (χ1) is 27.7. The fourth-order valence-electron chi connectivity index (χ4n) is 6.39. The molecule has 330 valence electrons. The second kappa shape index (κ2) is 24.0. The molecule has 0 saturated heterocycles. The minimum Gasteiger partial charge on any atom is -0.444 e. The van der Waals surface area contributed by atoms with Crippen molar-refractivity contribution in [3.8, 4) is 11.4 Å². The van der Waals surface area contributed by atoms with Crippen molar-refractivity contribution >= 4 is 57.5 Å². The number of hydrogen-bond acceptors (Lipinski definition) is 11. The molecule has 0 aliphatic heterocycles. The van der Waals surface area contributed by atoms with Gasteiger partial charge >= 0.3 is 12.2 Å². The van der Waals surface area contributed by atoms with E-state index in [1.807, 2.05) is 96.8 Å². The fraction of sp³-hybridized carbons (Fsp3) is 0.619. The highest BCUT2D eigenvalue weighted by Crippen LogP contribution is 2.41. The second-order valence-electron chi connectivity index (χ2n) is 16.3. The summed E-state index contributed by atoms with van der Waals surface area (Å²) in [6.07, 6.45) is 8.82. The number of aliphatic hydroxyl groups is 2. The standard InChI is InChI=1S/C35H49IN9O4P.C3H8O2.2C2H6/c1-34(2,3)48-32(46)42(18-15-24-11-8-7-9-12-24)16-10-17-43(33(47)49-35(4,5)6)20-25-13-14-26(19-25)44-21-27(30-40-23-41-45(30)50-36)28-29(37)38-22-39-31(28)44;1-3(2,4)5;2*1-2/h7-9,11-12,21-23,25-26,50H,10,13-20H2,1-6H3,(H2,37,38,39);4-5H,1-2H3;2*1-2H3/t25-,26+;;;/m1.../s1. The monoisotopic (exact) mass is 953 g/mol. The molecule has 4 N–H and O–H groups in total. The molecule has 1 aliphatic carbocycles. The maximum atomic E-state index is 13.6. The largest absolute Gasteiger partial charge is 0.444 e. The van der Waals surface area contributed by atoms with Gasteiger partial charge < -0.3 is 39.8 Å². The van der Waals surface area contributed by atoms with Gasteiger partial charge in [-0.2, -0.15) is 5.10 Å². The number of amides is 2. The number of carbonyl (C=O) groups excluding carboxylic acids is 2. The van der Waals surface area contributed by atoms with E-state index in [4.69, 9.17) is 25.4 Å². The number of hydrogen-bond donors (Lipinski definition) is 3. The lowest BCUT2D eigenvalue weighted by Crippen LogP contribution is -2.42. The van der Waals surface area contributed by atoms with Crippen LogP contribution in [0.25, 0.3) is 22.4 Å².